The molecule has 7 aromatic rings. The zero-order valence-electron chi connectivity index (χ0n) is 24.6. The molecular weight excluding hydrogens is 572 g/mol. The lowest BCUT2D eigenvalue weighted by molar-refractivity contribution is 0.101. The van der Waals surface area contributed by atoms with E-state index in [1.807, 2.05) is 121 Å². The Morgan fingerprint density at radius 1 is 0.413 bits per heavy atom. The normalized spacial score (nSPS) is 10.8. The summed E-state index contributed by atoms with van der Waals surface area (Å²) >= 11 is 0. The molecule has 0 bridgehead atoms. The summed E-state index contributed by atoms with van der Waals surface area (Å²) in [7, 11) is 0. The fraction of sp³-hybridized carbons (Fsp3) is 0. The topological polar surface area (TPSA) is 116 Å². The van der Waals surface area contributed by atoms with Gasteiger partial charge in [-0.05, 0) is 24.3 Å². The van der Waals surface area contributed by atoms with Gasteiger partial charge in [-0.1, -0.05) is 121 Å². The lowest BCUT2D eigenvalue weighted by Gasteiger charge is -2.09. The molecule has 8 heteroatoms. The standard InChI is InChI=1S/C38H28N6O2/c45-37(33-31(25-13-5-1-6-14-25)41-35(43-33)27-17-9-3-10-18-27)39-29-21-23-30(24-22-29)40-38(46)34-32(26-15-7-2-8-16-26)42-36(44-34)28-19-11-4-12-20-28/h1-24H,(H,39,45)(H,40,46)(H,41,43)(H,42,44). The van der Waals surface area contributed by atoms with E-state index in [0.29, 0.717) is 45.8 Å². The highest BCUT2D eigenvalue weighted by atomic mass is 16.2. The van der Waals surface area contributed by atoms with Gasteiger partial charge in [0.15, 0.2) is 0 Å². The molecule has 2 aromatic heterocycles. The molecule has 2 amide bonds. The number of imidazole rings is 2. The van der Waals surface area contributed by atoms with E-state index in [4.69, 9.17) is 9.97 Å². The Balaban J connectivity index is 1.11. The predicted molar refractivity (Wildman–Crippen MR) is 181 cm³/mol. The number of amides is 2. The molecule has 46 heavy (non-hydrogen) atoms. The van der Waals surface area contributed by atoms with Crippen molar-refractivity contribution in [2.24, 2.45) is 0 Å². The molecule has 0 saturated carbocycles. The van der Waals surface area contributed by atoms with E-state index < -0.39 is 0 Å². The Hall–Kier alpha value is -6.54. The number of hydrogen-bond donors (Lipinski definition) is 4. The number of anilines is 2. The van der Waals surface area contributed by atoms with Crippen LogP contribution in [-0.2, 0) is 0 Å². The van der Waals surface area contributed by atoms with E-state index in [1.165, 1.54) is 0 Å². The van der Waals surface area contributed by atoms with Crippen LogP contribution in [0, 0.1) is 0 Å². The molecule has 0 saturated heterocycles. The Morgan fingerprint density at radius 3 is 1.04 bits per heavy atom. The van der Waals surface area contributed by atoms with Crippen molar-refractivity contribution in [3.05, 3.63) is 157 Å². The molecule has 0 aliphatic carbocycles. The molecule has 2 heterocycles. The van der Waals surface area contributed by atoms with Gasteiger partial charge in [0.1, 0.15) is 34.4 Å². The SMILES string of the molecule is O=C(Nc1ccc(NC(=O)c2[nH]c(-c3ccccc3)nc2-c2ccccc2)cc1)c1[nH]c(-c2ccccc2)nc1-c1ccccc1. The van der Waals surface area contributed by atoms with Crippen LogP contribution in [0.3, 0.4) is 0 Å². The zero-order valence-corrected chi connectivity index (χ0v) is 24.6. The van der Waals surface area contributed by atoms with Crippen LogP contribution < -0.4 is 10.6 Å². The van der Waals surface area contributed by atoms with E-state index in [1.54, 1.807) is 24.3 Å². The van der Waals surface area contributed by atoms with Gasteiger partial charge in [-0.25, -0.2) is 9.97 Å². The second-order valence-corrected chi connectivity index (χ2v) is 10.6. The van der Waals surface area contributed by atoms with Gasteiger partial charge in [-0.3, -0.25) is 9.59 Å². The molecular formula is C38H28N6O2. The number of aromatic amines is 2. The van der Waals surface area contributed by atoms with Crippen LogP contribution in [0.15, 0.2) is 146 Å². The Labute approximate surface area is 265 Å². The highest BCUT2D eigenvalue weighted by Gasteiger charge is 2.21. The van der Waals surface area contributed by atoms with Crippen LogP contribution in [0.25, 0.3) is 45.3 Å². The minimum Gasteiger partial charge on any atom is -0.333 e. The summed E-state index contributed by atoms with van der Waals surface area (Å²) in [6.45, 7) is 0. The molecule has 0 aliphatic rings. The van der Waals surface area contributed by atoms with Crippen molar-refractivity contribution in [1.82, 2.24) is 19.9 Å². The zero-order chi connectivity index (χ0) is 31.3. The highest BCUT2D eigenvalue weighted by Crippen LogP contribution is 2.29. The molecule has 0 unspecified atom stereocenters. The fourth-order valence-electron chi connectivity index (χ4n) is 5.17. The number of H-pyrrole nitrogens is 2. The fourth-order valence-corrected chi connectivity index (χ4v) is 5.17. The van der Waals surface area contributed by atoms with Gasteiger partial charge in [-0.15, -0.1) is 0 Å². The number of aromatic nitrogens is 4. The van der Waals surface area contributed by atoms with Gasteiger partial charge in [0.2, 0.25) is 0 Å². The molecule has 222 valence electrons. The summed E-state index contributed by atoms with van der Waals surface area (Å²) < 4.78 is 0. The summed E-state index contributed by atoms with van der Waals surface area (Å²) in [5, 5.41) is 5.92. The third kappa shape index (κ3) is 5.95. The number of rotatable bonds is 8. The molecule has 0 radical (unpaired) electrons. The molecule has 5 aromatic carbocycles. The summed E-state index contributed by atoms with van der Waals surface area (Å²) in [6, 6.07) is 45.5. The first-order valence-corrected chi connectivity index (χ1v) is 14.8. The number of nitrogens with zero attached hydrogens (tertiary/aromatic N) is 2. The van der Waals surface area contributed by atoms with Crippen molar-refractivity contribution in [3.8, 4) is 45.3 Å². The smallest absolute Gasteiger partial charge is 0.274 e. The van der Waals surface area contributed by atoms with Crippen LogP contribution in [-0.4, -0.2) is 31.8 Å². The Morgan fingerprint density at radius 2 is 0.717 bits per heavy atom. The van der Waals surface area contributed by atoms with Gasteiger partial charge in [0.05, 0.1) is 0 Å². The van der Waals surface area contributed by atoms with Gasteiger partial charge >= 0.3 is 0 Å². The van der Waals surface area contributed by atoms with Crippen molar-refractivity contribution >= 4 is 23.2 Å². The Kier molecular flexibility index (Phi) is 7.73. The van der Waals surface area contributed by atoms with Crippen LogP contribution in [0.4, 0.5) is 11.4 Å². The summed E-state index contributed by atoms with van der Waals surface area (Å²) in [6.07, 6.45) is 0. The summed E-state index contributed by atoms with van der Waals surface area (Å²) in [4.78, 5) is 43.0. The van der Waals surface area contributed by atoms with E-state index in [9.17, 15) is 9.59 Å². The molecule has 0 aliphatic heterocycles. The second-order valence-electron chi connectivity index (χ2n) is 10.6. The lowest BCUT2D eigenvalue weighted by atomic mass is 10.1. The van der Waals surface area contributed by atoms with Crippen molar-refractivity contribution in [1.29, 1.82) is 0 Å². The average Bonchev–Trinajstić information content (AvgIpc) is 3.77. The molecule has 0 fully saturated rings. The van der Waals surface area contributed by atoms with Gasteiger partial charge < -0.3 is 20.6 Å². The summed E-state index contributed by atoms with van der Waals surface area (Å²) in [5.41, 5.74) is 6.36. The average molecular weight is 601 g/mol. The van der Waals surface area contributed by atoms with E-state index in [2.05, 4.69) is 20.6 Å². The molecule has 8 nitrogen and oxygen atoms in total. The summed E-state index contributed by atoms with van der Waals surface area (Å²) in [5.74, 6) is 0.547. The van der Waals surface area contributed by atoms with Crippen molar-refractivity contribution in [3.63, 3.8) is 0 Å². The number of carbonyl (C=O) groups excluding carboxylic acids is 2. The van der Waals surface area contributed by atoms with Crippen LogP contribution in [0.1, 0.15) is 21.0 Å². The third-order valence-electron chi connectivity index (χ3n) is 7.45. The largest absolute Gasteiger partial charge is 0.333 e. The first-order valence-electron chi connectivity index (χ1n) is 14.8. The minimum atomic E-state index is -0.330. The quantitative estimate of drug-likeness (QED) is 0.140. The number of benzene rings is 5. The minimum absolute atomic E-state index is 0.330. The van der Waals surface area contributed by atoms with E-state index in [0.717, 1.165) is 22.3 Å². The number of carbonyl (C=O) groups is 2. The van der Waals surface area contributed by atoms with Gasteiger partial charge in [0.25, 0.3) is 11.8 Å². The lowest BCUT2D eigenvalue weighted by Crippen LogP contribution is -2.15. The van der Waals surface area contributed by atoms with Crippen LogP contribution in [0.2, 0.25) is 0 Å². The van der Waals surface area contributed by atoms with E-state index >= 15 is 0 Å². The maximum absolute atomic E-state index is 13.5. The maximum Gasteiger partial charge on any atom is 0.274 e. The monoisotopic (exact) mass is 600 g/mol. The van der Waals surface area contributed by atoms with Crippen molar-refractivity contribution in [2.75, 3.05) is 10.6 Å². The predicted octanol–water partition coefficient (Wildman–Crippen LogP) is 8.31. The number of hydrogen-bond acceptors (Lipinski definition) is 4. The third-order valence-corrected chi connectivity index (χ3v) is 7.45. The van der Waals surface area contributed by atoms with Crippen molar-refractivity contribution in [2.45, 2.75) is 0 Å². The molecule has 7 rings (SSSR count). The van der Waals surface area contributed by atoms with Crippen LogP contribution >= 0.6 is 0 Å². The van der Waals surface area contributed by atoms with Crippen LogP contribution in [0.5, 0.6) is 0 Å². The first kappa shape index (κ1) is 28.2. The molecule has 0 spiro atoms. The number of nitrogens with one attached hydrogen (secondary N) is 4. The first-order chi connectivity index (χ1) is 22.6. The molecule has 0 atom stereocenters. The molecule has 4 N–H and O–H groups in total. The highest BCUT2D eigenvalue weighted by molar-refractivity contribution is 6.08. The van der Waals surface area contributed by atoms with E-state index in [-0.39, 0.29) is 11.8 Å². The van der Waals surface area contributed by atoms with Crippen molar-refractivity contribution < 1.29 is 9.59 Å². The second kappa shape index (κ2) is 12.6. The Bertz CT molecular complexity index is 1950. The van der Waals surface area contributed by atoms with Gasteiger partial charge in [-0.2, -0.15) is 0 Å². The van der Waals surface area contributed by atoms with Gasteiger partial charge in [0, 0.05) is 33.6 Å². The maximum atomic E-state index is 13.5.